The molecule has 3 heterocycles. The Kier molecular flexibility index (Phi) is 5.13. The molecule has 6 nitrogen and oxygen atoms in total. The molecule has 1 amide bonds. The minimum absolute atomic E-state index is 0.0638. The van der Waals surface area contributed by atoms with Crippen molar-refractivity contribution in [2.45, 2.75) is 38.1 Å². The molecule has 0 radical (unpaired) electrons. The van der Waals surface area contributed by atoms with Crippen LogP contribution in [0.3, 0.4) is 0 Å². The Morgan fingerprint density at radius 1 is 1.00 bits per heavy atom. The Balaban J connectivity index is 1.51. The maximum atomic E-state index is 13.0. The summed E-state index contributed by atoms with van der Waals surface area (Å²) < 4.78 is 0. The molecular formula is C24H25N5O. The van der Waals surface area contributed by atoms with Gasteiger partial charge in [-0.15, -0.1) is 0 Å². The molecule has 2 aliphatic rings. The van der Waals surface area contributed by atoms with Crippen molar-refractivity contribution < 1.29 is 4.79 Å². The number of hydrogen-bond acceptors (Lipinski definition) is 5. The fourth-order valence-electron chi connectivity index (χ4n) is 4.20. The summed E-state index contributed by atoms with van der Waals surface area (Å²) in [4.78, 5) is 29.0. The van der Waals surface area contributed by atoms with E-state index in [1.165, 1.54) is 0 Å². The lowest BCUT2D eigenvalue weighted by atomic mass is 9.84. The van der Waals surface area contributed by atoms with Crippen molar-refractivity contribution in [2.24, 2.45) is 5.92 Å². The summed E-state index contributed by atoms with van der Waals surface area (Å²) in [6, 6.07) is 15.8. The molecule has 1 N–H and O–H groups in total. The molecule has 1 aliphatic carbocycles. The highest BCUT2D eigenvalue weighted by Crippen LogP contribution is 2.37. The highest BCUT2D eigenvalue weighted by Gasteiger charge is 2.37. The number of nitrogens with zero attached hydrogens (tertiary/aromatic N) is 4. The number of likely N-dealkylation sites (tertiary alicyclic amines) is 1. The molecule has 1 unspecified atom stereocenters. The second-order valence-electron chi connectivity index (χ2n) is 8.05. The molecule has 1 saturated heterocycles. The second kappa shape index (κ2) is 8.22. The number of carbonyl (C=O) groups excluding carboxylic acids is 1. The summed E-state index contributed by atoms with van der Waals surface area (Å²) in [5.41, 5.74) is 2.72. The first kappa shape index (κ1) is 18.7. The van der Waals surface area contributed by atoms with Gasteiger partial charge in [-0.3, -0.25) is 9.78 Å². The smallest absolute Gasteiger partial charge is 0.226 e. The summed E-state index contributed by atoms with van der Waals surface area (Å²) in [6.45, 7) is 0.794. The van der Waals surface area contributed by atoms with Crippen LogP contribution >= 0.6 is 0 Å². The van der Waals surface area contributed by atoms with Gasteiger partial charge in [-0.05, 0) is 49.9 Å². The van der Waals surface area contributed by atoms with Crippen molar-refractivity contribution in [2.75, 3.05) is 11.9 Å². The van der Waals surface area contributed by atoms with Crippen LogP contribution in [-0.4, -0.2) is 32.3 Å². The largest absolute Gasteiger partial charge is 0.340 e. The minimum Gasteiger partial charge on any atom is -0.340 e. The van der Waals surface area contributed by atoms with E-state index in [1.54, 1.807) is 6.20 Å². The van der Waals surface area contributed by atoms with E-state index in [1.807, 2.05) is 59.6 Å². The standard InChI is InChI=1S/C24H25N5O/c30-24(17-7-4-8-17)29-14-6-12-21(29)23-27-20(18-9-5-13-25-16-18)15-22(28-23)26-19-10-2-1-3-11-19/h1-3,5,9-11,13,15-17,21H,4,6-8,12,14H2,(H,26,27,28). The third-order valence-electron chi connectivity index (χ3n) is 6.04. The molecule has 1 aromatic carbocycles. The van der Waals surface area contributed by atoms with Crippen molar-refractivity contribution in [3.8, 4) is 11.3 Å². The quantitative estimate of drug-likeness (QED) is 0.671. The summed E-state index contributed by atoms with van der Waals surface area (Å²) in [6.07, 6.45) is 8.64. The number of carbonyl (C=O) groups is 1. The maximum Gasteiger partial charge on any atom is 0.226 e. The van der Waals surface area contributed by atoms with Gasteiger partial charge in [0.15, 0.2) is 5.82 Å². The van der Waals surface area contributed by atoms with E-state index in [4.69, 9.17) is 9.97 Å². The normalized spacial score (nSPS) is 18.8. The predicted octanol–water partition coefficient (Wildman–Crippen LogP) is 4.75. The third kappa shape index (κ3) is 3.77. The zero-order chi connectivity index (χ0) is 20.3. The molecule has 30 heavy (non-hydrogen) atoms. The van der Waals surface area contributed by atoms with Crippen LogP contribution in [0.25, 0.3) is 11.3 Å². The molecule has 1 atom stereocenters. The van der Waals surface area contributed by atoms with Gasteiger partial charge in [-0.2, -0.15) is 0 Å². The second-order valence-corrected chi connectivity index (χ2v) is 8.05. The average Bonchev–Trinajstić information content (AvgIpc) is 3.24. The van der Waals surface area contributed by atoms with Crippen LogP contribution < -0.4 is 5.32 Å². The van der Waals surface area contributed by atoms with Crippen molar-refractivity contribution in [1.82, 2.24) is 19.9 Å². The highest BCUT2D eigenvalue weighted by molar-refractivity contribution is 5.80. The molecule has 0 bridgehead atoms. The number of amides is 1. The Morgan fingerprint density at radius 3 is 2.60 bits per heavy atom. The van der Waals surface area contributed by atoms with Gasteiger partial charge in [-0.25, -0.2) is 9.97 Å². The first-order valence-corrected chi connectivity index (χ1v) is 10.7. The molecule has 152 valence electrons. The number of anilines is 2. The molecule has 2 aromatic heterocycles. The van der Waals surface area contributed by atoms with Gasteiger partial charge < -0.3 is 10.2 Å². The van der Waals surface area contributed by atoms with Crippen molar-refractivity contribution >= 4 is 17.4 Å². The average molecular weight is 399 g/mol. The number of benzene rings is 1. The molecule has 0 spiro atoms. The van der Waals surface area contributed by atoms with E-state index in [-0.39, 0.29) is 17.9 Å². The SMILES string of the molecule is O=C(C1CCC1)N1CCCC1c1nc(Nc2ccccc2)cc(-c2cccnc2)n1. The van der Waals surface area contributed by atoms with E-state index in [2.05, 4.69) is 10.3 Å². The van der Waals surface area contributed by atoms with Crippen LogP contribution in [0.4, 0.5) is 11.5 Å². The van der Waals surface area contributed by atoms with Gasteiger partial charge >= 0.3 is 0 Å². The van der Waals surface area contributed by atoms with Crippen molar-refractivity contribution in [3.63, 3.8) is 0 Å². The maximum absolute atomic E-state index is 13.0. The van der Waals surface area contributed by atoms with Gasteiger partial charge in [0, 0.05) is 42.2 Å². The van der Waals surface area contributed by atoms with E-state index in [0.29, 0.717) is 5.82 Å². The topological polar surface area (TPSA) is 71.0 Å². The lowest BCUT2D eigenvalue weighted by Crippen LogP contribution is -2.38. The third-order valence-corrected chi connectivity index (χ3v) is 6.04. The molecule has 6 heteroatoms. The molecule has 1 saturated carbocycles. The number of pyridine rings is 1. The fraction of sp³-hybridized carbons (Fsp3) is 0.333. The van der Waals surface area contributed by atoms with Crippen LogP contribution in [-0.2, 0) is 4.79 Å². The zero-order valence-electron chi connectivity index (χ0n) is 16.9. The molecular weight excluding hydrogens is 374 g/mol. The van der Waals surface area contributed by atoms with E-state index < -0.39 is 0 Å². The Bertz CT molecular complexity index is 1020. The van der Waals surface area contributed by atoms with Crippen LogP contribution in [0.2, 0.25) is 0 Å². The van der Waals surface area contributed by atoms with Gasteiger partial charge in [0.25, 0.3) is 0 Å². The number of rotatable bonds is 5. The molecule has 3 aromatic rings. The van der Waals surface area contributed by atoms with Crippen LogP contribution in [0.1, 0.15) is 44.0 Å². The summed E-state index contributed by atoms with van der Waals surface area (Å²) in [5, 5.41) is 3.39. The van der Waals surface area contributed by atoms with Gasteiger partial charge in [0.2, 0.25) is 5.91 Å². The van der Waals surface area contributed by atoms with E-state index in [9.17, 15) is 4.79 Å². The number of aromatic nitrogens is 3. The minimum atomic E-state index is -0.0638. The van der Waals surface area contributed by atoms with Gasteiger partial charge in [-0.1, -0.05) is 24.6 Å². The summed E-state index contributed by atoms with van der Waals surface area (Å²) in [7, 11) is 0. The summed E-state index contributed by atoms with van der Waals surface area (Å²) >= 11 is 0. The highest BCUT2D eigenvalue weighted by atomic mass is 16.2. The van der Waals surface area contributed by atoms with Crippen molar-refractivity contribution in [3.05, 3.63) is 66.7 Å². The molecule has 2 fully saturated rings. The first-order valence-electron chi connectivity index (χ1n) is 10.7. The molecule has 5 rings (SSSR count). The summed E-state index contributed by atoms with van der Waals surface area (Å²) in [5.74, 6) is 1.90. The Labute approximate surface area is 176 Å². The lowest BCUT2D eigenvalue weighted by molar-refractivity contribution is -0.139. The fourth-order valence-corrected chi connectivity index (χ4v) is 4.20. The molecule has 1 aliphatic heterocycles. The zero-order valence-corrected chi connectivity index (χ0v) is 16.9. The van der Waals surface area contributed by atoms with Crippen molar-refractivity contribution in [1.29, 1.82) is 0 Å². The van der Waals surface area contributed by atoms with Crippen LogP contribution in [0.15, 0.2) is 60.9 Å². The number of hydrogen-bond donors (Lipinski definition) is 1. The van der Waals surface area contributed by atoms with E-state index in [0.717, 1.165) is 61.4 Å². The lowest BCUT2D eigenvalue weighted by Gasteiger charge is -2.32. The van der Waals surface area contributed by atoms with E-state index >= 15 is 0 Å². The predicted molar refractivity (Wildman–Crippen MR) is 116 cm³/mol. The first-order chi connectivity index (χ1) is 14.8. The monoisotopic (exact) mass is 399 g/mol. The Morgan fingerprint density at radius 2 is 1.87 bits per heavy atom. The Hall–Kier alpha value is -3.28. The number of nitrogens with one attached hydrogen (secondary N) is 1. The van der Waals surface area contributed by atoms with Crippen LogP contribution in [0, 0.1) is 5.92 Å². The van der Waals surface area contributed by atoms with Gasteiger partial charge in [0.1, 0.15) is 5.82 Å². The van der Waals surface area contributed by atoms with Gasteiger partial charge in [0.05, 0.1) is 11.7 Å². The van der Waals surface area contributed by atoms with Crippen LogP contribution in [0.5, 0.6) is 0 Å². The number of para-hydroxylation sites is 1.